The summed E-state index contributed by atoms with van der Waals surface area (Å²) >= 11 is 0. The molecule has 0 heterocycles. The van der Waals surface area contributed by atoms with Gasteiger partial charge in [-0.25, -0.2) is 8.42 Å². The first kappa shape index (κ1) is 20.0. The summed E-state index contributed by atoms with van der Waals surface area (Å²) in [7, 11) is -2.07. The Morgan fingerprint density at radius 2 is 1.46 bits per heavy atom. The molecule has 0 bridgehead atoms. The Balaban J connectivity index is 2.16. The molecule has 0 aliphatic carbocycles. The largest absolute Gasteiger partial charge is 0.343 e. The van der Waals surface area contributed by atoms with Gasteiger partial charge in [-0.3, -0.25) is 9.10 Å². The lowest BCUT2D eigenvalue weighted by Crippen LogP contribution is -2.31. The molecule has 140 valence electrons. The molecule has 2 aromatic carbocycles. The lowest BCUT2D eigenvalue weighted by molar-refractivity contribution is -0.130. The van der Waals surface area contributed by atoms with Crippen molar-refractivity contribution in [2.45, 2.75) is 32.1 Å². The number of nitrogens with zero attached hydrogens (tertiary/aromatic N) is 2. The topological polar surface area (TPSA) is 57.7 Å². The van der Waals surface area contributed by atoms with E-state index < -0.39 is 10.0 Å². The zero-order chi connectivity index (χ0) is 19.3. The minimum Gasteiger partial charge on any atom is -0.343 e. The molecular weight excluding hydrogens is 348 g/mol. The van der Waals surface area contributed by atoms with Gasteiger partial charge in [0.2, 0.25) is 5.91 Å². The number of anilines is 1. The molecule has 0 radical (unpaired) electrons. The third-order valence-corrected chi connectivity index (χ3v) is 6.25. The van der Waals surface area contributed by atoms with E-state index in [-0.39, 0.29) is 10.8 Å². The number of amides is 1. The number of hydrogen-bond donors (Lipinski definition) is 0. The molecule has 0 aliphatic rings. The van der Waals surface area contributed by atoms with Gasteiger partial charge in [-0.05, 0) is 50.6 Å². The number of likely N-dealkylation sites (N-methyl/N-ethyl adjacent to an activating group) is 1. The Morgan fingerprint density at radius 1 is 0.923 bits per heavy atom. The summed E-state index contributed by atoms with van der Waals surface area (Å²) in [6.45, 7) is 7.19. The number of rotatable bonds is 7. The van der Waals surface area contributed by atoms with Crippen LogP contribution in [-0.2, 0) is 21.2 Å². The maximum absolute atomic E-state index is 12.7. The van der Waals surface area contributed by atoms with Crippen molar-refractivity contribution >= 4 is 21.6 Å². The van der Waals surface area contributed by atoms with E-state index in [0.29, 0.717) is 25.2 Å². The van der Waals surface area contributed by atoms with Gasteiger partial charge in [0.25, 0.3) is 10.0 Å². The zero-order valence-electron chi connectivity index (χ0n) is 15.8. The predicted octanol–water partition coefficient (Wildman–Crippen LogP) is 3.23. The van der Waals surface area contributed by atoms with E-state index in [9.17, 15) is 13.2 Å². The molecule has 2 rings (SSSR count). The fraction of sp³-hybridized carbons (Fsp3) is 0.350. The second kappa shape index (κ2) is 8.36. The fourth-order valence-electron chi connectivity index (χ4n) is 2.69. The highest BCUT2D eigenvalue weighted by atomic mass is 32.2. The average Bonchev–Trinajstić information content (AvgIpc) is 2.63. The minimum absolute atomic E-state index is 0.0726. The second-order valence-corrected chi connectivity index (χ2v) is 8.16. The van der Waals surface area contributed by atoms with Crippen LogP contribution in [0.3, 0.4) is 0 Å². The maximum Gasteiger partial charge on any atom is 0.264 e. The SMILES string of the molecule is CCN(CC)C(=O)Cc1ccc(N(C)S(=O)(=O)c2ccc(C)cc2)cc1. The van der Waals surface area contributed by atoms with Crippen LogP contribution in [0, 0.1) is 6.92 Å². The van der Waals surface area contributed by atoms with Gasteiger partial charge in [-0.2, -0.15) is 0 Å². The van der Waals surface area contributed by atoms with E-state index in [1.807, 2.05) is 20.8 Å². The molecule has 0 fully saturated rings. The number of hydrogen-bond acceptors (Lipinski definition) is 3. The van der Waals surface area contributed by atoms with Gasteiger partial charge in [0.15, 0.2) is 0 Å². The van der Waals surface area contributed by atoms with Gasteiger partial charge < -0.3 is 4.90 Å². The number of aryl methyl sites for hydroxylation is 1. The van der Waals surface area contributed by atoms with E-state index >= 15 is 0 Å². The molecule has 2 aromatic rings. The first-order valence-electron chi connectivity index (χ1n) is 8.72. The van der Waals surface area contributed by atoms with Crippen LogP contribution < -0.4 is 4.31 Å². The van der Waals surface area contributed by atoms with Crippen molar-refractivity contribution in [1.29, 1.82) is 0 Å². The van der Waals surface area contributed by atoms with Gasteiger partial charge in [-0.15, -0.1) is 0 Å². The van der Waals surface area contributed by atoms with E-state index in [4.69, 9.17) is 0 Å². The van der Waals surface area contributed by atoms with Crippen molar-refractivity contribution in [3.63, 3.8) is 0 Å². The van der Waals surface area contributed by atoms with Crippen LogP contribution in [0.25, 0.3) is 0 Å². The summed E-state index contributed by atoms with van der Waals surface area (Å²) in [5.41, 5.74) is 2.44. The highest BCUT2D eigenvalue weighted by molar-refractivity contribution is 7.92. The lowest BCUT2D eigenvalue weighted by atomic mass is 10.1. The predicted molar refractivity (Wildman–Crippen MR) is 105 cm³/mol. The van der Waals surface area contributed by atoms with E-state index in [2.05, 4.69) is 0 Å². The molecule has 0 aromatic heterocycles. The summed E-state index contributed by atoms with van der Waals surface area (Å²) in [6, 6.07) is 13.9. The molecule has 0 saturated heterocycles. The van der Waals surface area contributed by atoms with Crippen LogP contribution in [0.4, 0.5) is 5.69 Å². The van der Waals surface area contributed by atoms with E-state index in [0.717, 1.165) is 11.1 Å². The molecule has 1 amide bonds. The molecule has 6 heteroatoms. The van der Waals surface area contributed by atoms with E-state index in [1.165, 1.54) is 11.4 Å². The van der Waals surface area contributed by atoms with Crippen LogP contribution >= 0.6 is 0 Å². The Bertz CT molecular complexity index is 840. The Labute approximate surface area is 156 Å². The maximum atomic E-state index is 12.7. The smallest absolute Gasteiger partial charge is 0.264 e. The normalized spacial score (nSPS) is 11.2. The zero-order valence-corrected chi connectivity index (χ0v) is 16.6. The third kappa shape index (κ3) is 4.43. The Morgan fingerprint density at radius 3 is 1.96 bits per heavy atom. The average molecular weight is 375 g/mol. The van der Waals surface area contributed by atoms with E-state index in [1.54, 1.807) is 53.4 Å². The molecule has 0 saturated carbocycles. The van der Waals surface area contributed by atoms with Crippen molar-refractivity contribution < 1.29 is 13.2 Å². The third-order valence-electron chi connectivity index (χ3n) is 4.45. The van der Waals surface area contributed by atoms with Crippen LogP contribution in [0.1, 0.15) is 25.0 Å². The minimum atomic E-state index is -3.61. The number of sulfonamides is 1. The number of carbonyl (C=O) groups is 1. The summed E-state index contributed by atoms with van der Waals surface area (Å²) in [4.78, 5) is 14.2. The van der Waals surface area contributed by atoms with Crippen LogP contribution in [0.5, 0.6) is 0 Å². The lowest BCUT2D eigenvalue weighted by Gasteiger charge is -2.21. The van der Waals surface area contributed by atoms with Crippen molar-refractivity contribution in [3.8, 4) is 0 Å². The van der Waals surface area contributed by atoms with Gasteiger partial charge in [0.05, 0.1) is 17.0 Å². The number of carbonyl (C=O) groups excluding carboxylic acids is 1. The Kier molecular flexibility index (Phi) is 6.42. The van der Waals surface area contributed by atoms with Crippen molar-refractivity contribution in [3.05, 3.63) is 59.7 Å². The first-order valence-corrected chi connectivity index (χ1v) is 10.2. The summed E-state index contributed by atoms with van der Waals surface area (Å²) in [5.74, 6) is 0.0726. The van der Waals surface area contributed by atoms with Gasteiger partial charge in [0, 0.05) is 20.1 Å². The molecule has 0 atom stereocenters. The summed E-state index contributed by atoms with van der Waals surface area (Å²) in [5, 5.41) is 0. The molecule has 0 spiro atoms. The van der Waals surface area contributed by atoms with Gasteiger partial charge >= 0.3 is 0 Å². The first-order chi connectivity index (χ1) is 12.3. The molecule has 0 N–H and O–H groups in total. The number of benzene rings is 2. The van der Waals surface area contributed by atoms with Crippen LogP contribution in [0.2, 0.25) is 0 Å². The molecule has 0 aliphatic heterocycles. The van der Waals surface area contributed by atoms with Gasteiger partial charge in [-0.1, -0.05) is 29.8 Å². The molecule has 26 heavy (non-hydrogen) atoms. The fourth-order valence-corrected chi connectivity index (χ4v) is 3.89. The molecular formula is C20H26N2O3S. The standard InChI is InChI=1S/C20H26N2O3S/c1-5-22(6-2)20(23)15-17-9-11-18(12-10-17)21(4)26(24,25)19-13-7-16(3)8-14-19/h7-14H,5-6,15H2,1-4H3. The van der Waals surface area contributed by atoms with Crippen molar-refractivity contribution in [2.24, 2.45) is 0 Å². The Hall–Kier alpha value is -2.34. The second-order valence-electron chi connectivity index (χ2n) is 6.19. The highest BCUT2D eigenvalue weighted by Crippen LogP contribution is 2.23. The van der Waals surface area contributed by atoms with Crippen molar-refractivity contribution in [2.75, 3.05) is 24.4 Å². The van der Waals surface area contributed by atoms with Crippen molar-refractivity contribution in [1.82, 2.24) is 4.90 Å². The quantitative estimate of drug-likeness (QED) is 0.748. The van der Waals surface area contributed by atoms with Gasteiger partial charge in [0.1, 0.15) is 0 Å². The monoisotopic (exact) mass is 374 g/mol. The molecule has 0 unspecified atom stereocenters. The van der Waals surface area contributed by atoms with Crippen LogP contribution in [0.15, 0.2) is 53.4 Å². The molecule has 5 nitrogen and oxygen atoms in total. The van der Waals surface area contributed by atoms with Crippen LogP contribution in [-0.4, -0.2) is 39.4 Å². The summed E-state index contributed by atoms with van der Waals surface area (Å²) < 4.78 is 26.7. The highest BCUT2D eigenvalue weighted by Gasteiger charge is 2.21. The summed E-state index contributed by atoms with van der Waals surface area (Å²) in [6.07, 6.45) is 0.316.